The summed E-state index contributed by atoms with van der Waals surface area (Å²) < 4.78 is 0. The lowest BCUT2D eigenvalue weighted by Crippen LogP contribution is -1.74. The molecule has 0 aliphatic rings. The summed E-state index contributed by atoms with van der Waals surface area (Å²) >= 11 is 0. The SMILES string of the molecule is C#CC#CC#CC#CC#CC#CC#CC#CC#CC#CC#CC#CC#CC#CC#CC#CC#CC#CC#CC#CC#CC#CC#CC#CC#CCCO. The molecule has 0 amide bonds. The summed E-state index contributed by atoms with van der Waals surface area (Å²) in [5.74, 6) is 122. The average Bonchev–Trinajstić information content (AvgIpc) is 3.17. The monoisotopic (exact) mass is 646 g/mol. The highest BCUT2D eigenvalue weighted by atomic mass is 16.2. The highest BCUT2D eigenvalue weighted by molar-refractivity contribution is 5.51. The minimum Gasteiger partial charge on any atom is -0.395 e. The topological polar surface area (TPSA) is 20.2 Å². The molecule has 0 aliphatic heterocycles. The van der Waals surface area contributed by atoms with E-state index < -0.39 is 0 Å². The summed E-state index contributed by atoms with van der Waals surface area (Å²) in [5.41, 5.74) is 0. The summed E-state index contributed by atoms with van der Waals surface area (Å²) in [6.45, 7) is -0.00144. The van der Waals surface area contributed by atoms with Gasteiger partial charge in [0.05, 0.1) is 6.61 Å². The first-order chi connectivity index (χ1) is 26.4. The highest BCUT2D eigenvalue weighted by Gasteiger charge is 1.67. The van der Waals surface area contributed by atoms with Gasteiger partial charge in [0.2, 0.25) is 0 Å². The predicted octanol–water partition coefficient (Wildman–Crippen LogP) is 0.0836. The Hall–Kier alpha value is -11.0. The van der Waals surface area contributed by atoms with Crippen LogP contribution in [0.3, 0.4) is 0 Å². The van der Waals surface area contributed by atoms with Crippen LogP contribution in [-0.4, -0.2) is 11.7 Å². The molecule has 0 aliphatic carbocycles. The number of rotatable bonds is 1. The van der Waals surface area contributed by atoms with Crippen molar-refractivity contribution < 1.29 is 5.11 Å². The molecule has 0 aromatic heterocycles. The van der Waals surface area contributed by atoms with E-state index in [0.717, 1.165) is 0 Å². The molecule has 0 unspecified atom stereocenters. The maximum Gasteiger partial charge on any atom is 0.0540 e. The van der Waals surface area contributed by atoms with Gasteiger partial charge in [-0.05, 0) is 94.7 Å². The lowest BCUT2D eigenvalue weighted by molar-refractivity contribution is 0.305. The first kappa shape index (κ1) is 42.0. The highest BCUT2D eigenvalue weighted by Crippen LogP contribution is 1.67. The van der Waals surface area contributed by atoms with E-state index in [-0.39, 0.29) is 6.61 Å². The Morgan fingerprint density at radius 1 is 0.208 bits per heavy atom. The molecule has 0 bridgehead atoms. The van der Waals surface area contributed by atoms with E-state index in [1.807, 2.05) is 0 Å². The van der Waals surface area contributed by atoms with E-state index in [2.05, 4.69) is 290 Å². The maximum absolute atomic E-state index is 8.55. The van der Waals surface area contributed by atoms with Gasteiger partial charge in [0.25, 0.3) is 0 Å². The third-order valence-corrected chi connectivity index (χ3v) is 3.27. The van der Waals surface area contributed by atoms with Gasteiger partial charge < -0.3 is 5.11 Å². The summed E-state index contributed by atoms with van der Waals surface area (Å²) in [7, 11) is 0. The Morgan fingerprint density at radius 3 is 0.472 bits per heavy atom. The minimum absolute atomic E-state index is 0.00144. The first-order valence-electron chi connectivity index (χ1n) is 13.5. The molecule has 0 rings (SSSR count). The molecule has 0 atom stereocenters. The summed E-state index contributed by atoms with van der Waals surface area (Å²) in [4.78, 5) is 0. The van der Waals surface area contributed by atoms with Crippen LogP contribution in [0.25, 0.3) is 0 Å². The Labute approximate surface area is 313 Å². The second-order valence-corrected chi connectivity index (χ2v) is 6.67. The molecule has 0 saturated carbocycles. The lowest BCUT2D eigenvalue weighted by atomic mass is 10.4. The van der Waals surface area contributed by atoms with Crippen LogP contribution in [0.1, 0.15) is 6.42 Å². The molecule has 1 N–H and O–H groups in total. The van der Waals surface area contributed by atoms with Gasteiger partial charge in [0.15, 0.2) is 0 Å². The number of aliphatic hydroxyl groups excluding tert-OH is 1. The number of hydrogen-bond donors (Lipinski definition) is 1. The molecule has 0 heterocycles. The maximum atomic E-state index is 8.55. The Kier molecular flexibility index (Phi) is 32.4. The van der Waals surface area contributed by atoms with Crippen molar-refractivity contribution in [3.63, 3.8) is 0 Å². The molecule has 1 nitrogen and oxygen atoms in total. The van der Waals surface area contributed by atoms with Crippen molar-refractivity contribution in [3.8, 4) is 297 Å². The normalized spacial score (nSPS) is 4.23. The molecule has 0 aromatic rings. The van der Waals surface area contributed by atoms with Crippen molar-refractivity contribution in [1.29, 1.82) is 0 Å². The lowest BCUT2D eigenvalue weighted by Gasteiger charge is -1.72. The fourth-order valence-electron chi connectivity index (χ4n) is 1.60. The molecule has 53 heavy (non-hydrogen) atoms. The van der Waals surface area contributed by atoms with E-state index in [1.54, 1.807) is 0 Å². The fraction of sp³-hybridized carbons (Fsp3) is 0.0385. The van der Waals surface area contributed by atoms with Gasteiger partial charge in [0, 0.05) is 196 Å². The molecule has 0 aromatic carbocycles. The van der Waals surface area contributed by atoms with Crippen LogP contribution in [0.4, 0.5) is 0 Å². The van der Waals surface area contributed by atoms with Crippen molar-refractivity contribution in [2.24, 2.45) is 0 Å². The zero-order valence-electron chi connectivity index (χ0n) is 26.9. The second-order valence-electron chi connectivity index (χ2n) is 6.67. The van der Waals surface area contributed by atoms with Gasteiger partial charge in [-0.3, -0.25) is 0 Å². The number of aliphatic hydroxyl groups is 1. The van der Waals surface area contributed by atoms with Gasteiger partial charge >= 0.3 is 0 Å². The van der Waals surface area contributed by atoms with Crippen molar-refractivity contribution in [3.05, 3.63) is 0 Å². The Morgan fingerprint density at radius 2 is 0.340 bits per heavy atom. The van der Waals surface area contributed by atoms with Crippen LogP contribution in [0, 0.1) is 297 Å². The third kappa shape index (κ3) is 41.0. The molecule has 0 fully saturated rings. The van der Waals surface area contributed by atoms with Gasteiger partial charge in [-0.15, -0.1) is 6.42 Å². The summed E-state index contributed by atoms with van der Waals surface area (Å²) in [6, 6.07) is 0. The third-order valence-electron chi connectivity index (χ3n) is 3.27. The van der Waals surface area contributed by atoms with E-state index in [0.29, 0.717) is 6.42 Å². The zero-order valence-corrected chi connectivity index (χ0v) is 26.9. The largest absolute Gasteiger partial charge is 0.395 e. The summed E-state index contributed by atoms with van der Waals surface area (Å²) in [5, 5.41) is 8.55. The average molecular weight is 647 g/mol. The van der Waals surface area contributed by atoms with E-state index in [9.17, 15) is 0 Å². The minimum atomic E-state index is -0.00144. The molecule has 0 saturated heterocycles. The Balaban J connectivity index is 4.55. The van der Waals surface area contributed by atoms with Gasteiger partial charge in [-0.2, -0.15) is 0 Å². The van der Waals surface area contributed by atoms with Crippen LogP contribution < -0.4 is 0 Å². The number of hydrogen-bond acceptors (Lipinski definition) is 1. The van der Waals surface area contributed by atoms with Crippen molar-refractivity contribution in [2.75, 3.05) is 6.61 Å². The molecule has 0 radical (unpaired) electrons. The molecule has 0 spiro atoms. The first-order valence-corrected chi connectivity index (χ1v) is 13.5. The molecular formula is C52H6O. The van der Waals surface area contributed by atoms with Crippen molar-refractivity contribution >= 4 is 0 Å². The van der Waals surface area contributed by atoms with Crippen LogP contribution in [0.15, 0.2) is 0 Å². The van der Waals surface area contributed by atoms with Crippen LogP contribution >= 0.6 is 0 Å². The quantitative estimate of drug-likeness (QED) is 0.401. The van der Waals surface area contributed by atoms with Gasteiger partial charge in [0.1, 0.15) is 0 Å². The standard InChI is InChI=1S/C52H6O/c1-2-3-4-5-6-7-8-9-10-11-12-13-14-15-16-17-18-19-20-21-22-23-24-25-26-27-28-29-30-31-32-33-34-35-36-37-38-39-40-41-42-43-44-45-46-47-48-49-50-51-52-53/h1,53H,51-52H2. The van der Waals surface area contributed by atoms with Crippen LogP contribution in [-0.2, 0) is 0 Å². The van der Waals surface area contributed by atoms with Crippen LogP contribution in [0.5, 0.6) is 0 Å². The molecule has 1 heteroatoms. The number of terminal acetylenes is 1. The Bertz CT molecular complexity index is 3150. The van der Waals surface area contributed by atoms with Gasteiger partial charge in [-0.25, -0.2) is 0 Å². The molecule has 220 valence electrons. The zero-order chi connectivity index (χ0) is 38.1. The van der Waals surface area contributed by atoms with E-state index >= 15 is 0 Å². The predicted molar refractivity (Wildman–Crippen MR) is 207 cm³/mol. The van der Waals surface area contributed by atoms with Crippen LogP contribution in [0.2, 0.25) is 0 Å². The second kappa shape index (κ2) is 41.0. The van der Waals surface area contributed by atoms with E-state index in [4.69, 9.17) is 11.5 Å². The van der Waals surface area contributed by atoms with Crippen molar-refractivity contribution in [2.45, 2.75) is 6.42 Å². The van der Waals surface area contributed by atoms with E-state index in [1.165, 1.54) is 0 Å². The molecular weight excluding hydrogens is 641 g/mol. The fourth-order valence-corrected chi connectivity index (χ4v) is 1.60. The summed E-state index contributed by atoms with van der Waals surface area (Å²) in [6.07, 6.45) is 5.31. The van der Waals surface area contributed by atoms with Gasteiger partial charge in [-0.1, -0.05) is 5.92 Å². The smallest absolute Gasteiger partial charge is 0.0540 e. The van der Waals surface area contributed by atoms with Crippen molar-refractivity contribution in [1.82, 2.24) is 0 Å².